The summed E-state index contributed by atoms with van der Waals surface area (Å²) in [6, 6.07) is 7.68. The van der Waals surface area contributed by atoms with Gasteiger partial charge in [-0.1, -0.05) is 24.3 Å². The van der Waals surface area contributed by atoms with Crippen molar-refractivity contribution in [1.29, 1.82) is 0 Å². The number of aryl methyl sites for hydroxylation is 1. The molecule has 1 aliphatic rings. The molecule has 144 valence electrons. The van der Waals surface area contributed by atoms with Crippen LogP contribution in [0.5, 0.6) is 0 Å². The Morgan fingerprint density at radius 2 is 1.81 bits per heavy atom. The van der Waals surface area contributed by atoms with Gasteiger partial charge in [-0.2, -0.15) is 0 Å². The number of carbonyl (C=O) groups is 2. The molecule has 0 radical (unpaired) electrons. The second-order valence-corrected chi connectivity index (χ2v) is 8.87. The summed E-state index contributed by atoms with van der Waals surface area (Å²) < 4.78 is 27.1. The fourth-order valence-corrected chi connectivity index (χ4v) is 4.18. The Morgan fingerprint density at radius 3 is 2.41 bits per heavy atom. The summed E-state index contributed by atoms with van der Waals surface area (Å²) in [5, 5.41) is 9.60. The molecule has 0 aliphatic carbocycles. The third-order valence-corrected chi connectivity index (χ3v) is 6.55. The summed E-state index contributed by atoms with van der Waals surface area (Å²) in [5.41, 5.74) is 1.91. The number of hydrogen-bond donors (Lipinski definition) is 1. The van der Waals surface area contributed by atoms with Gasteiger partial charge < -0.3 is 14.6 Å². The molecule has 1 unspecified atom stereocenters. The van der Waals surface area contributed by atoms with Gasteiger partial charge in [0.1, 0.15) is 16.6 Å². The molecule has 0 saturated heterocycles. The van der Waals surface area contributed by atoms with Crippen LogP contribution in [0.15, 0.2) is 41.4 Å². The van der Waals surface area contributed by atoms with E-state index in [9.17, 15) is 23.1 Å². The third kappa shape index (κ3) is 3.35. The molecule has 2 heterocycles. The van der Waals surface area contributed by atoms with Crippen LogP contribution in [0.4, 0.5) is 0 Å². The summed E-state index contributed by atoms with van der Waals surface area (Å²) in [6.07, 6.45) is 1.57. The maximum absolute atomic E-state index is 13.1. The van der Waals surface area contributed by atoms with Crippen LogP contribution in [0.25, 0.3) is 0 Å². The Labute approximate surface area is 157 Å². The minimum atomic E-state index is -3.70. The van der Waals surface area contributed by atoms with Gasteiger partial charge in [0, 0.05) is 40.3 Å². The molecule has 9 heteroatoms. The van der Waals surface area contributed by atoms with Crippen molar-refractivity contribution in [2.24, 2.45) is 7.05 Å². The summed E-state index contributed by atoms with van der Waals surface area (Å²) in [7, 11) is 0.686. The molecule has 0 bridgehead atoms. The highest BCUT2D eigenvalue weighted by Gasteiger charge is 2.36. The van der Waals surface area contributed by atoms with Crippen molar-refractivity contribution < 1.29 is 23.1 Å². The van der Waals surface area contributed by atoms with E-state index < -0.39 is 27.9 Å². The summed E-state index contributed by atoms with van der Waals surface area (Å²) in [6.45, 7) is 0.160. The molecule has 0 saturated carbocycles. The van der Waals surface area contributed by atoms with Crippen molar-refractivity contribution in [3.8, 4) is 0 Å². The highest BCUT2D eigenvalue weighted by molar-refractivity contribution is 7.89. The molecule has 1 amide bonds. The number of carboxylic acids is 1. The van der Waals surface area contributed by atoms with Gasteiger partial charge in [0.25, 0.3) is 5.91 Å². The Kier molecular flexibility index (Phi) is 4.83. The van der Waals surface area contributed by atoms with Crippen molar-refractivity contribution in [3.05, 3.63) is 53.3 Å². The minimum absolute atomic E-state index is 0.0114. The van der Waals surface area contributed by atoms with Gasteiger partial charge in [-0.15, -0.1) is 0 Å². The molecule has 1 atom stereocenters. The Balaban J connectivity index is 2.00. The zero-order valence-corrected chi connectivity index (χ0v) is 16.1. The monoisotopic (exact) mass is 391 g/mol. The standard InChI is InChI=1S/C18H21N3O5S/c1-19(2)27(25,26)14-9-15(20(3)11-14)17(22)21-10-13-7-5-4-6-12(13)8-16(21)18(23)24/h4-7,9,11,16H,8,10H2,1-3H3,(H,23,24). The predicted molar refractivity (Wildman–Crippen MR) is 97.7 cm³/mol. The van der Waals surface area contributed by atoms with Gasteiger partial charge >= 0.3 is 5.97 Å². The van der Waals surface area contributed by atoms with E-state index in [4.69, 9.17) is 0 Å². The van der Waals surface area contributed by atoms with Crippen molar-refractivity contribution in [1.82, 2.24) is 13.8 Å². The van der Waals surface area contributed by atoms with Crippen LogP contribution in [-0.2, 0) is 34.8 Å². The first-order valence-electron chi connectivity index (χ1n) is 8.32. The quantitative estimate of drug-likeness (QED) is 0.836. The number of hydrogen-bond acceptors (Lipinski definition) is 4. The highest BCUT2D eigenvalue weighted by atomic mass is 32.2. The van der Waals surface area contributed by atoms with E-state index in [1.807, 2.05) is 24.3 Å². The van der Waals surface area contributed by atoms with Crippen LogP contribution in [0.3, 0.4) is 0 Å². The Bertz CT molecular complexity index is 1010. The first-order valence-corrected chi connectivity index (χ1v) is 9.76. The molecule has 1 N–H and O–H groups in total. The van der Waals surface area contributed by atoms with Crippen LogP contribution in [0.2, 0.25) is 0 Å². The minimum Gasteiger partial charge on any atom is -0.480 e. The highest BCUT2D eigenvalue weighted by Crippen LogP contribution is 2.26. The molecule has 1 aromatic heterocycles. The number of carboxylic acid groups (broad SMARTS) is 1. The number of sulfonamides is 1. The molecular weight excluding hydrogens is 370 g/mol. The van der Waals surface area contributed by atoms with E-state index in [1.165, 1.54) is 35.8 Å². The topological polar surface area (TPSA) is 99.9 Å². The van der Waals surface area contributed by atoms with E-state index in [2.05, 4.69) is 0 Å². The maximum atomic E-state index is 13.1. The lowest BCUT2D eigenvalue weighted by Gasteiger charge is -2.34. The SMILES string of the molecule is CN(C)S(=O)(=O)c1cc(C(=O)N2Cc3ccccc3CC2C(=O)O)n(C)c1. The average Bonchev–Trinajstić information content (AvgIpc) is 3.02. The Morgan fingerprint density at radius 1 is 1.19 bits per heavy atom. The van der Waals surface area contributed by atoms with Gasteiger partial charge in [-0.25, -0.2) is 17.5 Å². The molecule has 8 nitrogen and oxygen atoms in total. The van der Waals surface area contributed by atoms with Gasteiger partial charge in [0.2, 0.25) is 10.0 Å². The number of carbonyl (C=O) groups excluding carboxylic acids is 1. The average molecular weight is 391 g/mol. The second-order valence-electron chi connectivity index (χ2n) is 6.72. The van der Waals surface area contributed by atoms with Gasteiger partial charge in [-0.3, -0.25) is 4.79 Å². The normalized spacial score (nSPS) is 17.0. The van der Waals surface area contributed by atoms with Crippen LogP contribution in [-0.4, -0.2) is 59.3 Å². The number of benzene rings is 1. The third-order valence-electron chi connectivity index (χ3n) is 4.77. The van der Waals surface area contributed by atoms with E-state index in [1.54, 1.807) is 7.05 Å². The van der Waals surface area contributed by atoms with E-state index in [-0.39, 0.29) is 23.6 Å². The molecule has 2 aromatic rings. The number of amides is 1. The van der Waals surface area contributed by atoms with Crippen LogP contribution >= 0.6 is 0 Å². The first-order chi connectivity index (χ1) is 12.6. The van der Waals surface area contributed by atoms with Crippen LogP contribution < -0.4 is 0 Å². The fraction of sp³-hybridized carbons (Fsp3) is 0.333. The first kappa shape index (κ1) is 19.1. The number of nitrogens with zero attached hydrogens (tertiary/aromatic N) is 3. The zero-order valence-electron chi connectivity index (χ0n) is 15.3. The fourth-order valence-electron chi connectivity index (χ4n) is 3.20. The lowest BCUT2D eigenvalue weighted by molar-refractivity contribution is -0.142. The number of aromatic nitrogens is 1. The largest absolute Gasteiger partial charge is 0.480 e. The number of rotatable bonds is 4. The predicted octanol–water partition coefficient (Wildman–Crippen LogP) is 0.927. The van der Waals surface area contributed by atoms with Crippen LogP contribution in [0.1, 0.15) is 21.6 Å². The summed E-state index contributed by atoms with van der Waals surface area (Å²) in [5.74, 6) is -1.60. The van der Waals surface area contributed by atoms with Crippen molar-refractivity contribution >= 4 is 21.9 Å². The van der Waals surface area contributed by atoms with E-state index in [0.717, 1.165) is 15.4 Å². The summed E-state index contributed by atoms with van der Waals surface area (Å²) in [4.78, 5) is 26.1. The smallest absolute Gasteiger partial charge is 0.326 e. The molecular formula is C18H21N3O5S. The molecule has 0 fully saturated rings. The number of fused-ring (bicyclic) bond motifs is 1. The Hall–Kier alpha value is -2.65. The van der Waals surface area contributed by atoms with Crippen molar-refractivity contribution in [2.45, 2.75) is 23.9 Å². The van der Waals surface area contributed by atoms with Crippen molar-refractivity contribution in [3.63, 3.8) is 0 Å². The lowest BCUT2D eigenvalue weighted by atomic mass is 9.93. The van der Waals surface area contributed by atoms with Gasteiger partial charge in [-0.05, 0) is 17.2 Å². The molecule has 1 aliphatic heterocycles. The van der Waals surface area contributed by atoms with Gasteiger partial charge in [0.15, 0.2) is 0 Å². The van der Waals surface area contributed by atoms with E-state index in [0.29, 0.717) is 0 Å². The number of aliphatic carboxylic acids is 1. The van der Waals surface area contributed by atoms with Crippen molar-refractivity contribution in [2.75, 3.05) is 14.1 Å². The molecule has 0 spiro atoms. The summed E-state index contributed by atoms with van der Waals surface area (Å²) >= 11 is 0. The van der Waals surface area contributed by atoms with Crippen LogP contribution in [0, 0.1) is 0 Å². The maximum Gasteiger partial charge on any atom is 0.326 e. The molecule has 3 rings (SSSR count). The molecule has 27 heavy (non-hydrogen) atoms. The second kappa shape index (κ2) is 6.82. The zero-order chi connectivity index (χ0) is 19.9. The van der Waals surface area contributed by atoms with E-state index >= 15 is 0 Å². The molecule has 1 aromatic carbocycles. The lowest BCUT2D eigenvalue weighted by Crippen LogP contribution is -2.49. The van der Waals surface area contributed by atoms with Gasteiger partial charge in [0.05, 0.1) is 0 Å².